The molecule has 0 bridgehead atoms. The molecule has 0 aromatic heterocycles. The lowest BCUT2D eigenvalue weighted by Gasteiger charge is -2.61. The van der Waals surface area contributed by atoms with E-state index in [1.807, 2.05) is 4.90 Å². The van der Waals surface area contributed by atoms with Crippen molar-refractivity contribution in [1.29, 1.82) is 0 Å². The minimum atomic E-state index is -0.192. The molecule has 1 amide bonds. The summed E-state index contributed by atoms with van der Waals surface area (Å²) in [6.45, 7) is 11.8. The van der Waals surface area contributed by atoms with E-state index in [0.29, 0.717) is 12.0 Å². The summed E-state index contributed by atoms with van der Waals surface area (Å²) in [7, 11) is 0. The summed E-state index contributed by atoms with van der Waals surface area (Å²) < 4.78 is 0. The van der Waals surface area contributed by atoms with Gasteiger partial charge in [0.15, 0.2) is 0 Å². The summed E-state index contributed by atoms with van der Waals surface area (Å²) in [5.41, 5.74) is 0.0982. The summed E-state index contributed by atoms with van der Waals surface area (Å²) in [5, 5.41) is 10.0. The van der Waals surface area contributed by atoms with Crippen LogP contribution in [-0.2, 0) is 4.79 Å². The molecule has 0 aromatic carbocycles. The number of aliphatic hydroxyl groups is 1. The van der Waals surface area contributed by atoms with Crippen molar-refractivity contribution in [2.75, 3.05) is 39.3 Å². The van der Waals surface area contributed by atoms with E-state index in [1.165, 1.54) is 0 Å². The average molecular weight is 281 g/mol. The lowest BCUT2D eigenvalue weighted by atomic mass is 9.83. The second kappa shape index (κ2) is 4.97. The average Bonchev–Trinajstić information content (AvgIpc) is 2.64. The predicted molar refractivity (Wildman–Crippen MR) is 77.4 cm³/mol. The van der Waals surface area contributed by atoms with Gasteiger partial charge in [-0.3, -0.25) is 14.6 Å². The molecule has 5 nitrogen and oxygen atoms in total. The highest BCUT2D eigenvalue weighted by Gasteiger charge is 2.56. The fraction of sp³-hybridized carbons (Fsp3) is 0.933. The van der Waals surface area contributed by atoms with Crippen LogP contribution in [0, 0.1) is 5.92 Å². The van der Waals surface area contributed by atoms with Crippen molar-refractivity contribution in [3.63, 3.8) is 0 Å². The van der Waals surface area contributed by atoms with Crippen LogP contribution in [0.1, 0.15) is 27.2 Å². The highest BCUT2D eigenvalue weighted by Crippen LogP contribution is 2.38. The first kappa shape index (κ1) is 14.3. The normalized spacial score (nSPS) is 33.5. The first-order valence-electron chi connectivity index (χ1n) is 7.82. The van der Waals surface area contributed by atoms with Crippen molar-refractivity contribution < 1.29 is 9.90 Å². The molecule has 1 N–H and O–H groups in total. The summed E-state index contributed by atoms with van der Waals surface area (Å²) in [6.07, 6.45) is 0.693. The molecule has 1 spiro atoms. The van der Waals surface area contributed by atoms with Gasteiger partial charge >= 0.3 is 0 Å². The minimum absolute atomic E-state index is 0.0982. The molecule has 0 radical (unpaired) electrons. The zero-order valence-electron chi connectivity index (χ0n) is 12.9. The topological polar surface area (TPSA) is 47.0 Å². The highest BCUT2D eigenvalue weighted by molar-refractivity contribution is 5.74. The lowest BCUT2D eigenvalue weighted by molar-refractivity contribution is -0.154. The SMILES string of the molecule is CC(=O)N1CC2(CN(CC(C)C)C[C@@H]3C[C@@H](O)CN32)C1. The number of β-amino-alcohol motifs (C(OH)–C–C–N with tert-alkyl or cyclic N) is 1. The van der Waals surface area contributed by atoms with Crippen molar-refractivity contribution >= 4 is 5.91 Å². The summed E-state index contributed by atoms with van der Waals surface area (Å²) in [6, 6.07) is 0.464. The fourth-order valence-electron chi connectivity index (χ4n) is 4.34. The van der Waals surface area contributed by atoms with Crippen LogP contribution in [-0.4, -0.2) is 82.7 Å². The molecule has 3 saturated heterocycles. The molecule has 3 heterocycles. The van der Waals surface area contributed by atoms with E-state index >= 15 is 0 Å². The molecule has 0 aliphatic carbocycles. The third kappa shape index (κ3) is 2.36. The Morgan fingerprint density at radius 1 is 1.30 bits per heavy atom. The van der Waals surface area contributed by atoms with Crippen molar-refractivity contribution in [1.82, 2.24) is 14.7 Å². The maximum atomic E-state index is 11.5. The second-order valence-corrected chi connectivity index (χ2v) is 7.38. The van der Waals surface area contributed by atoms with Crippen LogP contribution < -0.4 is 0 Å². The second-order valence-electron chi connectivity index (χ2n) is 7.38. The molecular formula is C15H27N3O2. The quantitative estimate of drug-likeness (QED) is 0.774. The Balaban J connectivity index is 1.74. The molecule has 20 heavy (non-hydrogen) atoms. The smallest absolute Gasteiger partial charge is 0.219 e. The number of piperazine rings is 1. The highest BCUT2D eigenvalue weighted by atomic mass is 16.3. The van der Waals surface area contributed by atoms with Crippen LogP contribution in [0.4, 0.5) is 0 Å². The van der Waals surface area contributed by atoms with Crippen LogP contribution in [0.25, 0.3) is 0 Å². The van der Waals surface area contributed by atoms with Crippen molar-refractivity contribution in [2.24, 2.45) is 5.92 Å². The van der Waals surface area contributed by atoms with Gasteiger partial charge in [0.1, 0.15) is 0 Å². The molecule has 3 rings (SSSR count). The van der Waals surface area contributed by atoms with Crippen molar-refractivity contribution in [2.45, 2.75) is 44.9 Å². The zero-order valence-corrected chi connectivity index (χ0v) is 12.9. The molecule has 0 saturated carbocycles. The van der Waals surface area contributed by atoms with Gasteiger partial charge in [-0.2, -0.15) is 0 Å². The Morgan fingerprint density at radius 3 is 2.60 bits per heavy atom. The van der Waals surface area contributed by atoms with Crippen LogP contribution in [0.2, 0.25) is 0 Å². The van der Waals surface area contributed by atoms with E-state index in [9.17, 15) is 9.90 Å². The predicted octanol–water partition coefficient (Wildman–Crippen LogP) is -0.00590. The maximum absolute atomic E-state index is 11.5. The molecule has 114 valence electrons. The number of nitrogens with zero attached hydrogens (tertiary/aromatic N) is 3. The maximum Gasteiger partial charge on any atom is 0.219 e. The van der Waals surface area contributed by atoms with Gasteiger partial charge in [-0.1, -0.05) is 13.8 Å². The van der Waals surface area contributed by atoms with Gasteiger partial charge in [-0.15, -0.1) is 0 Å². The number of likely N-dealkylation sites (tertiary alicyclic amines) is 1. The van der Waals surface area contributed by atoms with E-state index in [4.69, 9.17) is 0 Å². The Labute approximate surface area is 121 Å². The third-order valence-electron chi connectivity index (χ3n) is 5.03. The zero-order chi connectivity index (χ0) is 14.5. The lowest BCUT2D eigenvalue weighted by Crippen LogP contribution is -2.78. The molecule has 3 aliphatic heterocycles. The monoisotopic (exact) mass is 281 g/mol. The van der Waals surface area contributed by atoms with Gasteiger partial charge in [0.05, 0.1) is 11.6 Å². The van der Waals surface area contributed by atoms with Crippen LogP contribution in [0.15, 0.2) is 0 Å². The largest absolute Gasteiger partial charge is 0.392 e. The summed E-state index contributed by atoms with van der Waals surface area (Å²) in [4.78, 5) is 18.5. The number of aliphatic hydroxyl groups excluding tert-OH is 1. The molecule has 2 atom stereocenters. The summed E-state index contributed by atoms with van der Waals surface area (Å²) in [5.74, 6) is 0.835. The Hall–Kier alpha value is -0.650. The fourth-order valence-corrected chi connectivity index (χ4v) is 4.34. The van der Waals surface area contributed by atoms with E-state index < -0.39 is 0 Å². The number of hydrogen-bond acceptors (Lipinski definition) is 4. The first-order chi connectivity index (χ1) is 9.39. The van der Waals surface area contributed by atoms with Crippen LogP contribution in [0.3, 0.4) is 0 Å². The van der Waals surface area contributed by atoms with Gasteiger partial charge in [0.25, 0.3) is 0 Å². The molecule has 5 heteroatoms. The van der Waals surface area contributed by atoms with Gasteiger partial charge in [-0.25, -0.2) is 0 Å². The number of fused-ring (bicyclic) bond motifs is 2. The van der Waals surface area contributed by atoms with Crippen LogP contribution in [0.5, 0.6) is 0 Å². The van der Waals surface area contributed by atoms with Gasteiger partial charge in [-0.05, 0) is 12.3 Å². The number of amides is 1. The molecule has 0 aromatic rings. The van der Waals surface area contributed by atoms with Gasteiger partial charge < -0.3 is 10.0 Å². The number of carbonyl (C=O) groups excluding carboxylic acids is 1. The molecular weight excluding hydrogens is 254 g/mol. The van der Waals surface area contributed by atoms with Crippen molar-refractivity contribution in [3.8, 4) is 0 Å². The molecule has 3 fully saturated rings. The van der Waals surface area contributed by atoms with Gasteiger partial charge in [0, 0.05) is 52.2 Å². The van der Waals surface area contributed by atoms with Gasteiger partial charge in [0.2, 0.25) is 5.91 Å². The third-order valence-corrected chi connectivity index (χ3v) is 5.03. The molecule has 3 aliphatic rings. The van der Waals surface area contributed by atoms with E-state index in [0.717, 1.165) is 45.7 Å². The Morgan fingerprint density at radius 2 is 2.00 bits per heavy atom. The molecule has 0 unspecified atom stereocenters. The standard InChI is InChI=1S/C15H27N3O2/c1-11(2)5-16-6-13-4-14(20)7-18(13)15(8-16)9-17(10-15)12(3)19/h11,13-14,20H,4-10H2,1-3H3/t13-,14+/m0/s1. The number of rotatable bonds is 2. The van der Waals surface area contributed by atoms with E-state index in [1.54, 1.807) is 6.92 Å². The van der Waals surface area contributed by atoms with E-state index in [-0.39, 0.29) is 17.6 Å². The van der Waals surface area contributed by atoms with E-state index in [2.05, 4.69) is 23.6 Å². The Kier molecular flexibility index (Phi) is 3.55. The van der Waals surface area contributed by atoms with Crippen molar-refractivity contribution in [3.05, 3.63) is 0 Å². The first-order valence-corrected chi connectivity index (χ1v) is 7.82. The Bertz CT molecular complexity index is 393. The summed E-state index contributed by atoms with van der Waals surface area (Å²) >= 11 is 0. The number of carbonyl (C=O) groups is 1. The number of hydrogen-bond donors (Lipinski definition) is 1. The minimum Gasteiger partial charge on any atom is -0.392 e. The van der Waals surface area contributed by atoms with Crippen LogP contribution >= 0.6 is 0 Å².